The minimum atomic E-state index is 0. The molecule has 0 atom stereocenters. The topological polar surface area (TPSA) is 61.5 Å². The molecule has 0 spiro atoms. The molecule has 0 aromatic rings. The monoisotopic (exact) mass is 188 g/mol. The van der Waals surface area contributed by atoms with Gasteiger partial charge in [0.05, 0.1) is 0 Å². The molecule has 0 aromatic heterocycles. The van der Waals surface area contributed by atoms with Gasteiger partial charge >= 0.3 is 0 Å². The first kappa shape index (κ1) is 118. The SMILES string of the molecule is O.[Al].[B].[Na].[OH-].[Si].[Zn]. The second-order valence-corrected chi connectivity index (χ2v) is 0. The average molecular weight is 189 g/mol. The molecular formula is H3AlBNaO2SiZn-. The quantitative estimate of drug-likeness (QED) is 0.388. The van der Waals surface area contributed by atoms with Crippen molar-refractivity contribution in [1.82, 2.24) is 0 Å². The largest absolute Gasteiger partial charge is 0.870 e. The van der Waals surface area contributed by atoms with Gasteiger partial charge in [0.1, 0.15) is 0 Å². The Bertz CT molecular complexity index is 17.7. The molecule has 0 saturated carbocycles. The molecule has 0 saturated heterocycles. The van der Waals surface area contributed by atoms with Crippen LogP contribution in [0.15, 0.2) is 0 Å². The first-order valence-corrected chi connectivity index (χ1v) is 0. The summed E-state index contributed by atoms with van der Waals surface area (Å²) in [5.74, 6) is 0. The minimum absolute atomic E-state index is 0. The van der Waals surface area contributed by atoms with Gasteiger partial charge in [0.15, 0.2) is 0 Å². The minimum Gasteiger partial charge on any atom is -0.870 e. The van der Waals surface area contributed by atoms with Crippen LogP contribution >= 0.6 is 0 Å². The predicted octanol–water partition coefficient (Wildman–Crippen LogP) is -2.53. The number of hydrogen-bond donors (Lipinski definition) is 0. The van der Waals surface area contributed by atoms with Gasteiger partial charge in [0, 0.05) is 85.8 Å². The van der Waals surface area contributed by atoms with Crippen molar-refractivity contribution in [2.45, 2.75) is 0 Å². The van der Waals surface area contributed by atoms with Crippen molar-refractivity contribution in [3.8, 4) is 0 Å². The van der Waals surface area contributed by atoms with E-state index >= 15 is 0 Å². The summed E-state index contributed by atoms with van der Waals surface area (Å²) < 4.78 is 0. The summed E-state index contributed by atoms with van der Waals surface area (Å²) in [5.41, 5.74) is 0. The van der Waals surface area contributed by atoms with Gasteiger partial charge in [-0.15, -0.1) is 0 Å². The van der Waals surface area contributed by atoms with Crippen LogP contribution in [0.4, 0.5) is 0 Å². The predicted molar refractivity (Wildman–Crippen MR) is 28.6 cm³/mol. The summed E-state index contributed by atoms with van der Waals surface area (Å²) in [4.78, 5) is 0. The Morgan fingerprint density at radius 1 is 1.00 bits per heavy atom. The Labute approximate surface area is 95.6 Å². The molecule has 0 fully saturated rings. The van der Waals surface area contributed by atoms with E-state index in [0.717, 1.165) is 0 Å². The Balaban J connectivity index is 0. The summed E-state index contributed by atoms with van der Waals surface area (Å²) in [6, 6.07) is 0. The fourth-order valence-electron chi connectivity index (χ4n) is 0. The van der Waals surface area contributed by atoms with Crippen molar-refractivity contribution < 1.29 is 30.4 Å². The van der Waals surface area contributed by atoms with Crippen molar-refractivity contribution in [3.63, 3.8) is 0 Å². The van der Waals surface area contributed by atoms with Crippen molar-refractivity contribution in [2.24, 2.45) is 0 Å². The Morgan fingerprint density at radius 2 is 1.00 bits per heavy atom. The van der Waals surface area contributed by atoms with Crippen LogP contribution in [0, 0.1) is 0 Å². The summed E-state index contributed by atoms with van der Waals surface area (Å²) in [6.45, 7) is 0. The number of hydrogen-bond acceptors (Lipinski definition) is 1. The maximum atomic E-state index is 0. The molecule has 0 aliphatic rings. The zero-order valence-corrected chi connectivity index (χ0v) is 11.4. The standard InChI is InChI=1S/Al.B.Na.2H2O.Si.Zn/h;;;2*1H2;;/p-1. The van der Waals surface area contributed by atoms with Gasteiger partial charge in [0.2, 0.25) is 0 Å². The third kappa shape index (κ3) is 60.8. The molecule has 2 nitrogen and oxygen atoms in total. The van der Waals surface area contributed by atoms with Gasteiger partial charge in [0.25, 0.3) is 0 Å². The third-order valence-electron chi connectivity index (χ3n) is 0. The van der Waals surface area contributed by atoms with E-state index in [1.165, 1.54) is 0 Å². The van der Waals surface area contributed by atoms with Crippen LogP contribution in [0.1, 0.15) is 0 Å². The van der Waals surface area contributed by atoms with Crippen molar-refractivity contribution in [1.29, 1.82) is 0 Å². The van der Waals surface area contributed by atoms with E-state index in [1.807, 2.05) is 0 Å². The van der Waals surface area contributed by atoms with Gasteiger partial charge in [-0.3, -0.25) is 0 Å². The van der Waals surface area contributed by atoms with Gasteiger partial charge in [-0.05, 0) is 0 Å². The molecule has 7 heteroatoms. The van der Waals surface area contributed by atoms with Crippen LogP contribution in [0.3, 0.4) is 0 Å². The van der Waals surface area contributed by atoms with Crippen LogP contribution in [-0.4, -0.2) is 77.2 Å². The molecule has 0 heterocycles. The molecule has 11 radical (unpaired) electrons. The maximum Gasteiger partial charge on any atom is 0 e. The second-order valence-electron chi connectivity index (χ2n) is 0. The smallest absolute Gasteiger partial charge is 0 e. The molecular weight excluding hydrogens is 186 g/mol. The zero-order chi connectivity index (χ0) is 0. The van der Waals surface area contributed by atoms with Gasteiger partial charge in [-0.1, -0.05) is 0 Å². The van der Waals surface area contributed by atoms with Crippen LogP contribution in [0.25, 0.3) is 0 Å². The maximum absolute atomic E-state index is 0. The van der Waals surface area contributed by atoms with Crippen LogP contribution < -0.4 is 0 Å². The molecule has 3 N–H and O–H groups in total. The fourth-order valence-corrected chi connectivity index (χ4v) is 0. The molecule has 7 heavy (non-hydrogen) atoms. The second kappa shape index (κ2) is 81.4. The van der Waals surface area contributed by atoms with Gasteiger partial charge in [-0.25, -0.2) is 0 Å². The number of rotatable bonds is 0. The Hall–Kier alpha value is 2.36. The van der Waals surface area contributed by atoms with Crippen LogP contribution in [-0.2, 0) is 19.5 Å². The van der Waals surface area contributed by atoms with Crippen LogP contribution in [0.5, 0.6) is 0 Å². The van der Waals surface area contributed by atoms with E-state index in [9.17, 15) is 0 Å². The van der Waals surface area contributed by atoms with Crippen molar-refractivity contribution in [2.75, 3.05) is 0 Å². The summed E-state index contributed by atoms with van der Waals surface area (Å²) in [7, 11) is 0. The van der Waals surface area contributed by atoms with E-state index in [0.29, 0.717) is 0 Å². The molecule has 0 bridgehead atoms. The van der Waals surface area contributed by atoms with E-state index in [-0.39, 0.29) is 96.7 Å². The van der Waals surface area contributed by atoms with Gasteiger partial charge in [-0.2, -0.15) is 0 Å². The summed E-state index contributed by atoms with van der Waals surface area (Å²) >= 11 is 0. The Kier molecular flexibility index (Phi) is 1370. The van der Waals surface area contributed by atoms with E-state index in [4.69, 9.17) is 0 Å². The first-order chi connectivity index (χ1) is 0. The Morgan fingerprint density at radius 3 is 1.00 bits per heavy atom. The molecule has 0 aliphatic heterocycles. The van der Waals surface area contributed by atoms with Gasteiger partial charge < -0.3 is 11.0 Å². The third-order valence-corrected chi connectivity index (χ3v) is 0. The first-order valence-electron chi connectivity index (χ1n) is 0. The van der Waals surface area contributed by atoms with Crippen molar-refractivity contribution >= 4 is 66.3 Å². The zero-order valence-electron chi connectivity index (χ0n) is 4.31. The molecule has 0 aromatic carbocycles. The molecule has 0 aliphatic carbocycles. The van der Waals surface area contributed by atoms with E-state index in [1.54, 1.807) is 0 Å². The van der Waals surface area contributed by atoms with Crippen LogP contribution in [0.2, 0.25) is 0 Å². The molecule has 0 rings (SSSR count). The average Bonchev–Trinajstić information content (AvgIpc) is 0. The molecule has 0 unspecified atom stereocenters. The fraction of sp³-hybridized carbons (Fsp3) is 0. The van der Waals surface area contributed by atoms with E-state index in [2.05, 4.69) is 0 Å². The summed E-state index contributed by atoms with van der Waals surface area (Å²) in [5, 5.41) is 0. The summed E-state index contributed by atoms with van der Waals surface area (Å²) in [6.07, 6.45) is 0. The molecule has 29 valence electrons. The molecule has 0 amide bonds. The normalized spacial score (nSPS) is 0. The van der Waals surface area contributed by atoms with E-state index < -0.39 is 0 Å². The van der Waals surface area contributed by atoms with Crippen molar-refractivity contribution in [3.05, 3.63) is 0 Å².